The Labute approximate surface area is 108 Å². The maximum absolute atomic E-state index is 12.2. The molecule has 1 aliphatic heterocycles. The number of carbonyl (C=O) groups is 1. The molecule has 1 aromatic carbocycles. The third kappa shape index (κ3) is 2.55. The number of hydrogen-bond acceptors (Lipinski definition) is 2. The number of rotatable bonds is 3. The van der Waals surface area contributed by atoms with Crippen LogP contribution >= 0.6 is 0 Å². The summed E-state index contributed by atoms with van der Waals surface area (Å²) in [5, 5.41) is 6.14. The molecule has 1 aliphatic rings. The molecular formula is C15H18N2O. The van der Waals surface area contributed by atoms with Gasteiger partial charge in [-0.05, 0) is 24.0 Å². The highest BCUT2D eigenvalue weighted by atomic mass is 16.2. The zero-order chi connectivity index (χ0) is 13.0. The normalized spacial score (nSPS) is 19.4. The Morgan fingerprint density at radius 1 is 1.61 bits per heavy atom. The molecule has 0 fully saturated rings. The minimum atomic E-state index is -0.280. The van der Waals surface area contributed by atoms with Gasteiger partial charge in [-0.15, -0.1) is 6.42 Å². The number of amides is 1. The van der Waals surface area contributed by atoms with E-state index in [2.05, 4.69) is 22.6 Å². The summed E-state index contributed by atoms with van der Waals surface area (Å²) < 4.78 is 0. The Hall–Kier alpha value is -1.79. The fourth-order valence-electron chi connectivity index (χ4n) is 2.26. The highest BCUT2D eigenvalue weighted by molar-refractivity contribution is 5.84. The Morgan fingerprint density at radius 2 is 2.39 bits per heavy atom. The van der Waals surface area contributed by atoms with Gasteiger partial charge in [-0.2, -0.15) is 0 Å². The number of hydrogen-bond donors (Lipinski definition) is 2. The fraction of sp³-hybridized carbons (Fsp3) is 0.400. The fourth-order valence-corrected chi connectivity index (χ4v) is 2.26. The van der Waals surface area contributed by atoms with Gasteiger partial charge in [0.25, 0.3) is 0 Å². The van der Waals surface area contributed by atoms with E-state index in [1.54, 1.807) is 0 Å². The molecule has 18 heavy (non-hydrogen) atoms. The molecule has 0 aliphatic carbocycles. The van der Waals surface area contributed by atoms with Crippen molar-refractivity contribution in [2.45, 2.75) is 31.8 Å². The van der Waals surface area contributed by atoms with Gasteiger partial charge in [-0.1, -0.05) is 37.1 Å². The summed E-state index contributed by atoms with van der Waals surface area (Å²) in [4.78, 5) is 12.2. The van der Waals surface area contributed by atoms with Gasteiger partial charge in [0.05, 0.1) is 6.04 Å². The Morgan fingerprint density at radius 3 is 3.11 bits per heavy atom. The highest BCUT2D eigenvalue weighted by Crippen LogP contribution is 2.22. The summed E-state index contributed by atoms with van der Waals surface area (Å²) in [5.41, 5.74) is 2.30. The SMILES string of the molecule is C#CC(CC)NC(=O)C1NCCc2ccccc21. The van der Waals surface area contributed by atoms with Gasteiger partial charge in [-0.3, -0.25) is 4.79 Å². The van der Waals surface area contributed by atoms with Crippen LogP contribution in [0.1, 0.15) is 30.5 Å². The maximum atomic E-state index is 12.2. The second-order valence-electron chi connectivity index (χ2n) is 4.47. The average molecular weight is 242 g/mol. The first-order valence-electron chi connectivity index (χ1n) is 6.34. The minimum absolute atomic E-state index is 0.0352. The van der Waals surface area contributed by atoms with Crippen molar-refractivity contribution in [3.05, 3.63) is 35.4 Å². The first kappa shape index (κ1) is 12.7. The smallest absolute Gasteiger partial charge is 0.242 e. The van der Waals surface area contributed by atoms with Crippen LogP contribution in [0.25, 0.3) is 0 Å². The van der Waals surface area contributed by atoms with Crippen LogP contribution in [0.3, 0.4) is 0 Å². The number of terminal acetylenes is 1. The Bertz CT molecular complexity index is 476. The molecule has 0 saturated heterocycles. The highest BCUT2D eigenvalue weighted by Gasteiger charge is 2.26. The third-order valence-corrected chi connectivity index (χ3v) is 3.30. The van der Waals surface area contributed by atoms with Crippen molar-refractivity contribution in [3.63, 3.8) is 0 Å². The van der Waals surface area contributed by atoms with E-state index in [-0.39, 0.29) is 18.0 Å². The van der Waals surface area contributed by atoms with Crippen LogP contribution in [-0.4, -0.2) is 18.5 Å². The van der Waals surface area contributed by atoms with E-state index in [1.807, 2.05) is 25.1 Å². The summed E-state index contributed by atoms with van der Waals surface area (Å²) in [6.45, 7) is 2.79. The molecule has 1 heterocycles. The standard InChI is InChI=1S/C15H18N2O/c1-3-12(4-2)17-15(18)14-13-8-6-5-7-11(13)9-10-16-14/h1,5-8,12,14,16H,4,9-10H2,2H3,(H,17,18). The number of nitrogens with one attached hydrogen (secondary N) is 2. The predicted octanol–water partition coefficient (Wildman–Crippen LogP) is 1.40. The first-order chi connectivity index (χ1) is 8.76. The van der Waals surface area contributed by atoms with Crippen LogP contribution in [0.15, 0.2) is 24.3 Å². The first-order valence-corrected chi connectivity index (χ1v) is 6.34. The summed E-state index contributed by atoms with van der Waals surface area (Å²) >= 11 is 0. The van der Waals surface area contributed by atoms with E-state index in [0.29, 0.717) is 0 Å². The molecular weight excluding hydrogens is 224 g/mol. The van der Waals surface area contributed by atoms with Crippen LogP contribution in [0.5, 0.6) is 0 Å². The Kier molecular flexibility index (Phi) is 4.01. The molecule has 1 amide bonds. The minimum Gasteiger partial charge on any atom is -0.341 e. The van der Waals surface area contributed by atoms with Crippen molar-refractivity contribution in [2.24, 2.45) is 0 Å². The van der Waals surface area contributed by atoms with E-state index >= 15 is 0 Å². The molecule has 0 bridgehead atoms. The molecule has 2 unspecified atom stereocenters. The van der Waals surface area contributed by atoms with Crippen molar-refractivity contribution in [1.29, 1.82) is 0 Å². The van der Waals surface area contributed by atoms with E-state index in [1.165, 1.54) is 5.56 Å². The lowest BCUT2D eigenvalue weighted by molar-refractivity contribution is -0.123. The van der Waals surface area contributed by atoms with Gasteiger partial charge < -0.3 is 10.6 Å². The average Bonchev–Trinajstić information content (AvgIpc) is 2.43. The van der Waals surface area contributed by atoms with Crippen molar-refractivity contribution in [3.8, 4) is 12.3 Å². The molecule has 2 rings (SSSR count). The molecule has 0 spiro atoms. The van der Waals surface area contributed by atoms with Crippen molar-refractivity contribution in [2.75, 3.05) is 6.54 Å². The summed E-state index contributed by atoms with van der Waals surface area (Å²) in [5.74, 6) is 2.55. The summed E-state index contributed by atoms with van der Waals surface area (Å²) in [6.07, 6.45) is 7.08. The molecule has 1 aromatic rings. The maximum Gasteiger partial charge on any atom is 0.242 e. The molecule has 2 N–H and O–H groups in total. The number of carbonyl (C=O) groups excluding carboxylic acids is 1. The lowest BCUT2D eigenvalue weighted by Gasteiger charge is -2.27. The van der Waals surface area contributed by atoms with Crippen LogP contribution in [0.4, 0.5) is 0 Å². The van der Waals surface area contributed by atoms with Gasteiger partial charge in [0.1, 0.15) is 6.04 Å². The van der Waals surface area contributed by atoms with E-state index in [4.69, 9.17) is 6.42 Å². The topological polar surface area (TPSA) is 41.1 Å². The zero-order valence-corrected chi connectivity index (χ0v) is 10.6. The second-order valence-corrected chi connectivity index (χ2v) is 4.47. The lowest BCUT2D eigenvalue weighted by Crippen LogP contribution is -2.44. The molecule has 2 atom stereocenters. The molecule has 3 nitrogen and oxygen atoms in total. The van der Waals surface area contributed by atoms with E-state index in [9.17, 15) is 4.79 Å². The Balaban J connectivity index is 2.15. The van der Waals surface area contributed by atoms with Crippen molar-refractivity contribution < 1.29 is 4.79 Å². The number of fused-ring (bicyclic) bond motifs is 1. The lowest BCUT2D eigenvalue weighted by atomic mass is 9.94. The predicted molar refractivity (Wildman–Crippen MR) is 71.9 cm³/mol. The third-order valence-electron chi connectivity index (χ3n) is 3.30. The van der Waals surface area contributed by atoms with Crippen molar-refractivity contribution >= 4 is 5.91 Å². The monoisotopic (exact) mass is 242 g/mol. The summed E-state index contributed by atoms with van der Waals surface area (Å²) in [7, 11) is 0. The second kappa shape index (κ2) is 5.70. The van der Waals surface area contributed by atoms with Crippen LogP contribution in [0, 0.1) is 12.3 Å². The molecule has 0 aromatic heterocycles. The van der Waals surface area contributed by atoms with E-state index in [0.717, 1.165) is 24.9 Å². The van der Waals surface area contributed by atoms with Gasteiger partial charge in [-0.25, -0.2) is 0 Å². The molecule has 94 valence electrons. The largest absolute Gasteiger partial charge is 0.341 e. The quantitative estimate of drug-likeness (QED) is 0.787. The van der Waals surface area contributed by atoms with Crippen LogP contribution in [0.2, 0.25) is 0 Å². The summed E-state index contributed by atoms with van der Waals surface area (Å²) in [6, 6.07) is 7.59. The van der Waals surface area contributed by atoms with Gasteiger partial charge >= 0.3 is 0 Å². The van der Waals surface area contributed by atoms with E-state index < -0.39 is 0 Å². The molecule has 0 saturated carbocycles. The number of benzene rings is 1. The van der Waals surface area contributed by atoms with Crippen LogP contribution in [-0.2, 0) is 11.2 Å². The molecule has 0 radical (unpaired) electrons. The van der Waals surface area contributed by atoms with Gasteiger partial charge in [0.15, 0.2) is 0 Å². The van der Waals surface area contributed by atoms with Crippen molar-refractivity contribution in [1.82, 2.24) is 10.6 Å². The van der Waals surface area contributed by atoms with Gasteiger partial charge in [0.2, 0.25) is 5.91 Å². The zero-order valence-electron chi connectivity index (χ0n) is 10.6. The van der Waals surface area contributed by atoms with Crippen LogP contribution < -0.4 is 10.6 Å². The van der Waals surface area contributed by atoms with Gasteiger partial charge in [0, 0.05) is 6.54 Å². The molecule has 3 heteroatoms.